The fourth-order valence-corrected chi connectivity index (χ4v) is 2.17. The molecule has 124 valence electrons. The van der Waals surface area contributed by atoms with E-state index in [0.717, 1.165) is 30.6 Å². The molecule has 0 fully saturated rings. The van der Waals surface area contributed by atoms with Crippen LogP contribution in [0.25, 0.3) is 0 Å². The lowest BCUT2D eigenvalue weighted by atomic mass is 10.1. The van der Waals surface area contributed by atoms with Crippen molar-refractivity contribution >= 4 is 5.97 Å². The molecule has 2 atom stereocenters. The zero-order valence-electron chi connectivity index (χ0n) is 13.3. The number of aliphatic hydroxyl groups is 1. The Morgan fingerprint density at radius 2 is 1.82 bits per heavy atom. The standard InChI is InChI=1S/C17H26O5/c1-3-14(6-4-5-7-16(18)17(19)20)22-12-13-8-10-15(21-2)11-9-13/h8-11,14,16,18H,3-7,12H2,1-2H3,(H,19,20). The number of rotatable bonds is 11. The highest BCUT2D eigenvalue weighted by atomic mass is 16.5. The third-order valence-electron chi connectivity index (χ3n) is 3.64. The van der Waals surface area contributed by atoms with E-state index in [1.807, 2.05) is 24.3 Å². The van der Waals surface area contributed by atoms with Gasteiger partial charge in [-0.05, 0) is 37.0 Å². The van der Waals surface area contributed by atoms with Crippen molar-refractivity contribution in [3.8, 4) is 5.75 Å². The summed E-state index contributed by atoms with van der Waals surface area (Å²) in [6.45, 7) is 2.63. The number of methoxy groups -OCH3 is 1. The Bertz CT molecular complexity index is 429. The molecule has 1 aromatic carbocycles. The van der Waals surface area contributed by atoms with E-state index in [0.29, 0.717) is 19.4 Å². The molecule has 1 rings (SSSR count). The average Bonchev–Trinajstić information content (AvgIpc) is 2.54. The van der Waals surface area contributed by atoms with Crippen molar-refractivity contribution in [1.29, 1.82) is 0 Å². The lowest BCUT2D eigenvalue weighted by Gasteiger charge is -2.16. The molecule has 2 unspecified atom stereocenters. The smallest absolute Gasteiger partial charge is 0.332 e. The van der Waals surface area contributed by atoms with Gasteiger partial charge in [0, 0.05) is 0 Å². The molecular formula is C17H26O5. The molecule has 0 heterocycles. The predicted molar refractivity (Wildman–Crippen MR) is 84.0 cm³/mol. The maximum Gasteiger partial charge on any atom is 0.332 e. The summed E-state index contributed by atoms with van der Waals surface area (Å²) in [5.74, 6) is -0.324. The van der Waals surface area contributed by atoms with E-state index in [1.54, 1.807) is 7.11 Å². The second-order valence-corrected chi connectivity index (χ2v) is 5.33. The largest absolute Gasteiger partial charge is 0.497 e. The van der Waals surface area contributed by atoms with Crippen molar-refractivity contribution in [3.63, 3.8) is 0 Å². The van der Waals surface area contributed by atoms with Crippen LogP contribution in [-0.2, 0) is 16.1 Å². The van der Waals surface area contributed by atoms with Gasteiger partial charge in [0.05, 0.1) is 19.8 Å². The summed E-state index contributed by atoms with van der Waals surface area (Å²) in [7, 11) is 1.64. The minimum Gasteiger partial charge on any atom is -0.497 e. The molecule has 2 N–H and O–H groups in total. The minimum atomic E-state index is -1.25. The minimum absolute atomic E-state index is 0.157. The number of aliphatic carboxylic acids is 1. The van der Waals surface area contributed by atoms with Gasteiger partial charge in [-0.3, -0.25) is 0 Å². The highest BCUT2D eigenvalue weighted by Gasteiger charge is 2.13. The molecule has 22 heavy (non-hydrogen) atoms. The molecule has 0 aliphatic rings. The molecule has 0 amide bonds. The Balaban J connectivity index is 2.25. The van der Waals surface area contributed by atoms with Gasteiger partial charge in [0.2, 0.25) is 0 Å². The predicted octanol–water partition coefficient (Wildman–Crippen LogP) is 3.00. The lowest BCUT2D eigenvalue weighted by molar-refractivity contribution is -0.146. The SMILES string of the molecule is CCC(CCCCC(O)C(=O)O)OCc1ccc(OC)cc1. The Labute approximate surface area is 131 Å². The van der Waals surface area contributed by atoms with E-state index in [4.69, 9.17) is 14.6 Å². The van der Waals surface area contributed by atoms with Crippen LogP contribution in [0, 0.1) is 0 Å². The van der Waals surface area contributed by atoms with Crippen LogP contribution in [0.15, 0.2) is 24.3 Å². The molecule has 5 heteroatoms. The third kappa shape index (κ3) is 6.91. The number of aliphatic hydroxyl groups excluding tert-OH is 1. The first-order valence-electron chi connectivity index (χ1n) is 7.72. The molecule has 0 aliphatic heterocycles. The summed E-state index contributed by atoms with van der Waals surface area (Å²) in [6.07, 6.45) is 2.53. The molecular weight excluding hydrogens is 284 g/mol. The summed E-state index contributed by atoms with van der Waals surface area (Å²) in [6, 6.07) is 7.78. The number of carboxylic acids is 1. The number of carboxylic acid groups (broad SMARTS) is 1. The monoisotopic (exact) mass is 310 g/mol. The van der Waals surface area contributed by atoms with E-state index >= 15 is 0 Å². The average molecular weight is 310 g/mol. The number of ether oxygens (including phenoxy) is 2. The van der Waals surface area contributed by atoms with Crippen LogP contribution in [0.5, 0.6) is 5.75 Å². The fraction of sp³-hybridized carbons (Fsp3) is 0.588. The molecule has 1 aromatic rings. The summed E-state index contributed by atoms with van der Waals surface area (Å²) < 4.78 is 11.0. The van der Waals surface area contributed by atoms with Crippen molar-refractivity contribution in [2.75, 3.05) is 7.11 Å². The highest BCUT2D eigenvalue weighted by Crippen LogP contribution is 2.16. The van der Waals surface area contributed by atoms with Crippen LogP contribution in [0.3, 0.4) is 0 Å². The molecule has 5 nitrogen and oxygen atoms in total. The zero-order valence-corrected chi connectivity index (χ0v) is 13.3. The Morgan fingerprint density at radius 1 is 1.18 bits per heavy atom. The first-order chi connectivity index (χ1) is 10.6. The maximum absolute atomic E-state index is 10.5. The zero-order chi connectivity index (χ0) is 16.4. The first kappa shape index (κ1) is 18.5. The lowest BCUT2D eigenvalue weighted by Crippen LogP contribution is -2.19. The molecule has 0 radical (unpaired) electrons. The number of carbonyl (C=O) groups is 1. The molecule has 0 spiro atoms. The van der Waals surface area contributed by atoms with Crippen molar-refractivity contribution in [3.05, 3.63) is 29.8 Å². The Morgan fingerprint density at radius 3 is 2.36 bits per heavy atom. The van der Waals surface area contributed by atoms with Crippen LogP contribution in [-0.4, -0.2) is 35.5 Å². The van der Waals surface area contributed by atoms with E-state index < -0.39 is 12.1 Å². The van der Waals surface area contributed by atoms with Gasteiger partial charge in [-0.1, -0.05) is 31.9 Å². The van der Waals surface area contributed by atoms with Gasteiger partial charge in [-0.25, -0.2) is 4.79 Å². The van der Waals surface area contributed by atoms with Crippen molar-refractivity contribution in [2.45, 2.75) is 57.8 Å². The number of benzene rings is 1. The quantitative estimate of drug-likeness (QED) is 0.614. The van der Waals surface area contributed by atoms with Gasteiger partial charge in [0.15, 0.2) is 6.10 Å². The second-order valence-electron chi connectivity index (χ2n) is 5.33. The van der Waals surface area contributed by atoms with Gasteiger partial charge < -0.3 is 19.7 Å². The van der Waals surface area contributed by atoms with Crippen molar-refractivity contribution in [2.24, 2.45) is 0 Å². The van der Waals surface area contributed by atoms with Crippen LogP contribution in [0.4, 0.5) is 0 Å². The van der Waals surface area contributed by atoms with Gasteiger partial charge in [-0.2, -0.15) is 0 Å². The summed E-state index contributed by atoms with van der Waals surface area (Å²) in [5.41, 5.74) is 1.10. The molecule has 0 bridgehead atoms. The normalized spacial score (nSPS) is 13.6. The third-order valence-corrected chi connectivity index (χ3v) is 3.64. The summed E-state index contributed by atoms with van der Waals surface area (Å²) in [5, 5.41) is 17.8. The Kier molecular flexibility index (Phi) is 8.55. The van der Waals surface area contributed by atoms with Crippen LogP contribution in [0.1, 0.15) is 44.6 Å². The molecule has 0 aliphatic carbocycles. The summed E-state index contributed by atoms with van der Waals surface area (Å²) >= 11 is 0. The highest BCUT2D eigenvalue weighted by molar-refractivity contribution is 5.71. The van der Waals surface area contributed by atoms with Gasteiger partial charge in [0.25, 0.3) is 0 Å². The van der Waals surface area contributed by atoms with Crippen LogP contribution in [0.2, 0.25) is 0 Å². The van der Waals surface area contributed by atoms with Gasteiger partial charge >= 0.3 is 5.97 Å². The maximum atomic E-state index is 10.5. The summed E-state index contributed by atoms with van der Waals surface area (Å²) in [4.78, 5) is 10.5. The molecule has 0 saturated heterocycles. The van der Waals surface area contributed by atoms with Crippen molar-refractivity contribution < 1.29 is 24.5 Å². The molecule has 0 aromatic heterocycles. The topological polar surface area (TPSA) is 76.0 Å². The number of unbranched alkanes of at least 4 members (excludes halogenated alkanes) is 1. The van der Waals surface area contributed by atoms with Crippen LogP contribution >= 0.6 is 0 Å². The first-order valence-corrected chi connectivity index (χ1v) is 7.72. The van der Waals surface area contributed by atoms with Gasteiger partial charge in [0.1, 0.15) is 5.75 Å². The van der Waals surface area contributed by atoms with Crippen LogP contribution < -0.4 is 4.74 Å². The van der Waals surface area contributed by atoms with E-state index in [-0.39, 0.29) is 6.10 Å². The van der Waals surface area contributed by atoms with E-state index in [1.165, 1.54) is 0 Å². The number of hydrogen-bond donors (Lipinski definition) is 2. The van der Waals surface area contributed by atoms with E-state index in [9.17, 15) is 9.90 Å². The van der Waals surface area contributed by atoms with E-state index in [2.05, 4.69) is 6.92 Å². The second kappa shape index (κ2) is 10.2. The number of hydrogen-bond acceptors (Lipinski definition) is 4. The fourth-order valence-electron chi connectivity index (χ4n) is 2.17. The van der Waals surface area contributed by atoms with Gasteiger partial charge in [-0.15, -0.1) is 0 Å². The van der Waals surface area contributed by atoms with Crippen molar-refractivity contribution in [1.82, 2.24) is 0 Å². The molecule has 0 saturated carbocycles. The Hall–Kier alpha value is -1.59.